The first-order chi connectivity index (χ1) is 5.27. The molecule has 4 nitrogen and oxygen atoms in total. The highest BCUT2D eigenvalue weighted by Crippen LogP contribution is 2.10. The molecule has 1 N–H and O–H groups in total. The third-order valence-electron chi connectivity index (χ3n) is 1.60. The van der Waals surface area contributed by atoms with Crippen LogP contribution in [0, 0.1) is 0 Å². The second kappa shape index (κ2) is 1.95. The number of fused-ring (bicyclic) bond motifs is 1. The Morgan fingerprint density at radius 3 is 3.27 bits per heavy atom. The van der Waals surface area contributed by atoms with Crippen molar-refractivity contribution in [3.63, 3.8) is 0 Å². The van der Waals surface area contributed by atoms with Crippen LogP contribution in [0.15, 0.2) is 23.3 Å². The number of rotatable bonds is 0. The lowest BCUT2D eigenvalue weighted by atomic mass is 10.2. The summed E-state index contributed by atoms with van der Waals surface area (Å²) in [5, 5.41) is 6.19. The van der Waals surface area contributed by atoms with Crippen molar-refractivity contribution >= 4 is 0 Å². The Hall–Kier alpha value is -1.58. The van der Waals surface area contributed by atoms with E-state index < -0.39 is 0 Å². The van der Waals surface area contributed by atoms with Gasteiger partial charge in [0.1, 0.15) is 0 Å². The van der Waals surface area contributed by atoms with Crippen LogP contribution in [0.2, 0.25) is 0 Å². The molecule has 0 saturated heterocycles. The number of H-pyrrole nitrogens is 1. The van der Waals surface area contributed by atoms with Gasteiger partial charge in [-0.1, -0.05) is 0 Å². The summed E-state index contributed by atoms with van der Waals surface area (Å²) in [6, 6.07) is 1.80. The number of nitrogens with one attached hydrogen (secondary N) is 1. The van der Waals surface area contributed by atoms with Crippen LogP contribution >= 0.6 is 0 Å². The van der Waals surface area contributed by atoms with Crippen molar-refractivity contribution in [1.82, 2.24) is 14.8 Å². The minimum Gasteiger partial charge on any atom is -0.356 e. The Labute approximate surface area is 62.8 Å². The molecule has 0 atom stereocenters. The van der Waals surface area contributed by atoms with Crippen molar-refractivity contribution in [1.29, 1.82) is 0 Å². The Morgan fingerprint density at radius 2 is 2.45 bits per heavy atom. The van der Waals surface area contributed by atoms with Crippen LogP contribution in [0.5, 0.6) is 0 Å². The van der Waals surface area contributed by atoms with Crippen LogP contribution in [0.1, 0.15) is 0 Å². The number of pyridine rings is 1. The smallest absolute Gasteiger partial charge is 0.275 e. The molecule has 0 aromatic heterocycles. The molecule has 56 valence electrons. The van der Waals surface area contributed by atoms with Crippen molar-refractivity contribution < 1.29 is 0 Å². The Bertz CT molecular complexity index is 401. The fraction of sp³-hybridized carbons (Fsp3) is 0.143. The molecule has 0 spiro atoms. The predicted molar refractivity (Wildman–Crippen MR) is 40.5 cm³/mol. The van der Waals surface area contributed by atoms with E-state index in [2.05, 4.69) is 10.2 Å². The van der Waals surface area contributed by atoms with Gasteiger partial charge in [-0.3, -0.25) is 4.79 Å². The highest BCUT2D eigenvalue weighted by molar-refractivity contribution is 5.57. The van der Waals surface area contributed by atoms with Gasteiger partial charge in [-0.15, -0.1) is 0 Å². The summed E-state index contributed by atoms with van der Waals surface area (Å²) in [5.74, 6) is 0. The van der Waals surface area contributed by atoms with Crippen LogP contribution in [-0.2, 0) is 7.05 Å². The Kier molecular flexibility index (Phi) is 1.09. The quantitative estimate of drug-likeness (QED) is 0.582. The number of aromatic nitrogens is 3. The molecular formula is C7H7N3O. The van der Waals surface area contributed by atoms with Gasteiger partial charge in [0.15, 0.2) is 0 Å². The van der Waals surface area contributed by atoms with Crippen molar-refractivity contribution in [2.75, 3.05) is 0 Å². The molecule has 0 aromatic carbocycles. The van der Waals surface area contributed by atoms with E-state index in [1.165, 1.54) is 0 Å². The summed E-state index contributed by atoms with van der Waals surface area (Å²) >= 11 is 0. The first-order valence-corrected chi connectivity index (χ1v) is 3.28. The van der Waals surface area contributed by atoms with Gasteiger partial charge in [-0.05, 0) is 6.07 Å². The summed E-state index contributed by atoms with van der Waals surface area (Å²) in [6.45, 7) is 0. The summed E-state index contributed by atoms with van der Waals surface area (Å²) in [7, 11) is 1.87. The van der Waals surface area contributed by atoms with Gasteiger partial charge in [-0.2, -0.15) is 5.10 Å². The molecular weight excluding hydrogens is 142 g/mol. The summed E-state index contributed by atoms with van der Waals surface area (Å²) in [5.41, 5.74) is 1.22. The molecule has 2 aliphatic heterocycles. The summed E-state index contributed by atoms with van der Waals surface area (Å²) in [4.78, 5) is 11.0. The zero-order valence-electron chi connectivity index (χ0n) is 6.03. The maximum atomic E-state index is 11.0. The van der Waals surface area contributed by atoms with Gasteiger partial charge >= 0.3 is 0 Å². The third-order valence-corrected chi connectivity index (χ3v) is 1.60. The topological polar surface area (TPSA) is 50.7 Å². The number of aromatic amines is 1. The van der Waals surface area contributed by atoms with E-state index in [0.29, 0.717) is 11.3 Å². The van der Waals surface area contributed by atoms with Crippen LogP contribution < -0.4 is 5.56 Å². The second-order valence-corrected chi connectivity index (χ2v) is 2.46. The monoisotopic (exact) mass is 149 g/mol. The minimum absolute atomic E-state index is 0.129. The third kappa shape index (κ3) is 0.832. The number of hydrogen-bond donors (Lipinski definition) is 1. The van der Waals surface area contributed by atoms with Gasteiger partial charge in [0.05, 0.1) is 11.3 Å². The number of aryl methyl sites for hydroxylation is 1. The van der Waals surface area contributed by atoms with Crippen LogP contribution in [0.3, 0.4) is 0 Å². The standard InChI is InChI=1S/C7H7N3O/c1-10-3-2-6-5(4-10)7(11)9-8-6/h2-4H,1H3,(H,9,11). The van der Waals surface area contributed by atoms with Crippen molar-refractivity contribution in [2.45, 2.75) is 0 Å². The fourth-order valence-corrected chi connectivity index (χ4v) is 1.03. The SMILES string of the molecule is Cn1ccc2n[nH]c(=O)c-2c1. The highest BCUT2D eigenvalue weighted by Gasteiger charge is 2.07. The average Bonchev–Trinajstić information content (AvgIpc) is 2.33. The van der Waals surface area contributed by atoms with Gasteiger partial charge < -0.3 is 4.57 Å². The van der Waals surface area contributed by atoms with E-state index in [-0.39, 0.29) is 5.56 Å². The normalized spacial score (nSPS) is 10.6. The lowest BCUT2D eigenvalue weighted by Gasteiger charge is -1.97. The molecule has 0 amide bonds. The molecule has 11 heavy (non-hydrogen) atoms. The molecule has 4 heteroatoms. The average molecular weight is 149 g/mol. The Morgan fingerprint density at radius 1 is 1.64 bits per heavy atom. The first kappa shape index (κ1) is 6.15. The van der Waals surface area contributed by atoms with E-state index in [4.69, 9.17) is 0 Å². The largest absolute Gasteiger partial charge is 0.356 e. The Balaban J connectivity index is 2.86. The van der Waals surface area contributed by atoms with Crippen molar-refractivity contribution in [3.8, 4) is 11.3 Å². The van der Waals surface area contributed by atoms with E-state index in [1.807, 2.05) is 17.8 Å². The zero-order chi connectivity index (χ0) is 7.84. The van der Waals surface area contributed by atoms with Crippen LogP contribution in [-0.4, -0.2) is 14.8 Å². The number of nitrogens with zero attached hydrogens (tertiary/aromatic N) is 2. The van der Waals surface area contributed by atoms with E-state index >= 15 is 0 Å². The van der Waals surface area contributed by atoms with E-state index in [9.17, 15) is 4.79 Å². The summed E-state index contributed by atoms with van der Waals surface area (Å²) in [6.07, 6.45) is 3.60. The lowest BCUT2D eigenvalue weighted by molar-refractivity contribution is 0.904. The maximum absolute atomic E-state index is 11.0. The summed E-state index contributed by atoms with van der Waals surface area (Å²) < 4.78 is 1.82. The van der Waals surface area contributed by atoms with Gasteiger partial charge in [0, 0.05) is 19.4 Å². The highest BCUT2D eigenvalue weighted by atomic mass is 16.1. The minimum atomic E-state index is -0.129. The molecule has 0 saturated carbocycles. The van der Waals surface area contributed by atoms with E-state index in [1.54, 1.807) is 12.3 Å². The second-order valence-electron chi connectivity index (χ2n) is 2.46. The van der Waals surface area contributed by atoms with Crippen LogP contribution in [0.4, 0.5) is 0 Å². The lowest BCUT2D eigenvalue weighted by Crippen LogP contribution is -2.01. The van der Waals surface area contributed by atoms with Gasteiger partial charge in [-0.25, -0.2) is 5.10 Å². The molecule has 2 heterocycles. The molecule has 0 aromatic rings. The molecule has 0 aliphatic carbocycles. The molecule has 2 aliphatic rings. The van der Waals surface area contributed by atoms with Gasteiger partial charge in [0.2, 0.25) is 0 Å². The van der Waals surface area contributed by atoms with Gasteiger partial charge in [0.25, 0.3) is 5.56 Å². The maximum Gasteiger partial charge on any atom is 0.275 e. The zero-order valence-corrected chi connectivity index (χ0v) is 6.03. The molecule has 0 unspecified atom stereocenters. The van der Waals surface area contributed by atoms with Crippen LogP contribution in [0.25, 0.3) is 11.3 Å². The van der Waals surface area contributed by atoms with Crippen molar-refractivity contribution in [3.05, 3.63) is 28.8 Å². The fourth-order valence-electron chi connectivity index (χ4n) is 1.03. The molecule has 0 bridgehead atoms. The number of hydrogen-bond acceptors (Lipinski definition) is 2. The predicted octanol–water partition coefficient (Wildman–Crippen LogP) is 0.213. The van der Waals surface area contributed by atoms with Crippen molar-refractivity contribution in [2.24, 2.45) is 7.05 Å². The molecule has 0 radical (unpaired) electrons. The molecule has 0 fully saturated rings. The van der Waals surface area contributed by atoms with E-state index in [0.717, 1.165) is 0 Å². The first-order valence-electron chi connectivity index (χ1n) is 3.28. The molecule has 2 rings (SSSR count).